The fourth-order valence-corrected chi connectivity index (χ4v) is 1.36. The summed E-state index contributed by atoms with van der Waals surface area (Å²) >= 11 is 5.42. The molecule has 4 heteroatoms. The molecule has 2 N–H and O–H groups in total. The van der Waals surface area contributed by atoms with Crippen LogP contribution in [-0.4, -0.2) is 18.3 Å². The van der Waals surface area contributed by atoms with Gasteiger partial charge in [0.05, 0.1) is 18.2 Å². The van der Waals surface area contributed by atoms with Crippen LogP contribution in [0.5, 0.6) is 5.75 Å². The van der Waals surface area contributed by atoms with Crippen LogP contribution in [0.3, 0.4) is 0 Å². The minimum Gasteiger partial charge on any atom is -0.492 e. The van der Waals surface area contributed by atoms with Crippen molar-refractivity contribution >= 4 is 23.1 Å². The molecule has 0 spiro atoms. The van der Waals surface area contributed by atoms with Gasteiger partial charge < -0.3 is 10.5 Å². The number of benzene rings is 1. The van der Waals surface area contributed by atoms with Gasteiger partial charge in [-0.15, -0.1) is 11.6 Å². The Balaban J connectivity index is 2.77. The molecule has 1 aromatic rings. The van der Waals surface area contributed by atoms with Gasteiger partial charge in [-0.3, -0.25) is 4.79 Å². The van der Waals surface area contributed by atoms with Gasteiger partial charge in [-0.2, -0.15) is 0 Å². The van der Waals surface area contributed by atoms with Crippen LogP contribution < -0.4 is 10.5 Å². The molecule has 0 aliphatic rings. The first-order valence-corrected chi connectivity index (χ1v) is 5.29. The Hall–Kier alpha value is -1.22. The van der Waals surface area contributed by atoms with Crippen LogP contribution in [-0.2, 0) is 11.2 Å². The van der Waals surface area contributed by atoms with Gasteiger partial charge >= 0.3 is 0 Å². The lowest BCUT2D eigenvalue weighted by Gasteiger charge is -2.08. The predicted molar refractivity (Wildman–Crippen MR) is 61.5 cm³/mol. The summed E-state index contributed by atoms with van der Waals surface area (Å²) < 4.78 is 5.29. The molecule has 0 bridgehead atoms. The number of ether oxygens (including phenoxy) is 1. The molecule has 0 amide bonds. The highest BCUT2D eigenvalue weighted by Crippen LogP contribution is 2.22. The average Bonchev–Trinajstić information content (AvgIpc) is 2.22. The summed E-state index contributed by atoms with van der Waals surface area (Å²) in [5.41, 5.74) is 7.17. The third kappa shape index (κ3) is 3.44. The van der Waals surface area contributed by atoms with Crippen LogP contribution in [0.1, 0.15) is 12.5 Å². The summed E-state index contributed by atoms with van der Waals surface area (Å²) in [7, 11) is 0. The maximum absolute atomic E-state index is 11.1. The number of carbonyl (C=O) groups is 1. The molecule has 0 unspecified atom stereocenters. The van der Waals surface area contributed by atoms with E-state index in [1.165, 1.54) is 0 Å². The molecular weight excluding hydrogens is 214 g/mol. The van der Waals surface area contributed by atoms with Crippen molar-refractivity contribution < 1.29 is 9.53 Å². The van der Waals surface area contributed by atoms with Crippen molar-refractivity contribution in [3.8, 4) is 5.75 Å². The molecule has 0 aromatic heterocycles. The second-order valence-corrected chi connectivity index (χ2v) is 3.42. The van der Waals surface area contributed by atoms with Crippen LogP contribution >= 0.6 is 11.6 Å². The molecule has 15 heavy (non-hydrogen) atoms. The number of alkyl halides is 1. The van der Waals surface area contributed by atoms with E-state index in [9.17, 15) is 4.79 Å². The third-order valence-electron chi connectivity index (χ3n) is 1.92. The predicted octanol–water partition coefficient (Wildman–Crippen LogP) is 2.02. The third-order valence-corrected chi connectivity index (χ3v) is 2.22. The second-order valence-electron chi connectivity index (χ2n) is 3.15. The zero-order valence-corrected chi connectivity index (χ0v) is 9.38. The van der Waals surface area contributed by atoms with Crippen molar-refractivity contribution in [2.75, 3.05) is 18.2 Å². The van der Waals surface area contributed by atoms with Crippen LogP contribution in [0, 0.1) is 0 Å². The molecule has 0 aliphatic carbocycles. The van der Waals surface area contributed by atoms with E-state index in [0.717, 1.165) is 5.56 Å². The van der Waals surface area contributed by atoms with Crippen molar-refractivity contribution in [2.45, 2.75) is 13.3 Å². The quantitative estimate of drug-likeness (QED) is 0.619. The highest BCUT2D eigenvalue weighted by molar-refractivity contribution is 6.27. The van der Waals surface area contributed by atoms with Crippen molar-refractivity contribution in [3.63, 3.8) is 0 Å². The first-order chi connectivity index (χ1) is 7.17. The minimum absolute atomic E-state index is 0.0137. The highest BCUT2D eigenvalue weighted by Gasteiger charge is 2.05. The van der Waals surface area contributed by atoms with E-state index in [1.54, 1.807) is 12.1 Å². The monoisotopic (exact) mass is 227 g/mol. The Morgan fingerprint density at radius 2 is 2.27 bits per heavy atom. The van der Waals surface area contributed by atoms with Crippen molar-refractivity contribution in [2.24, 2.45) is 0 Å². The molecule has 3 nitrogen and oxygen atoms in total. The second kappa shape index (κ2) is 5.61. The molecule has 0 heterocycles. The van der Waals surface area contributed by atoms with Gasteiger partial charge in [-0.05, 0) is 24.6 Å². The number of anilines is 1. The molecule has 1 rings (SSSR count). The van der Waals surface area contributed by atoms with E-state index in [4.69, 9.17) is 22.1 Å². The topological polar surface area (TPSA) is 52.3 Å². The van der Waals surface area contributed by atoms with E-state index >= 15 is 0 Å². The largest absolute Gasteiger partial charge is 0.492 e. The van der Waals surface area contributed by atoms with Crippen LogP contribution in [0.4, 0.5) is 5.69 Å². The van der Waals surface area contributed by atoms with E-state index < -0.39 is 0 Å². The van der Waals surface area contributed by atoms with Gasteiger partial charge in [-0.1, -0.05) is 6.07 Å². The highest BCUT2D eigenvalue weighted by atomic mass is 35.5. The van der Waals surface area contributed by atoms with Crippen LogP contribution in [0.2, 0.25) is 0 Å². The van der Waals surface area contributed by atoms with Gasteiger partial charge in [0.1, 0.15) is 5.75 Å². The van der Waals surface area contributed by atoms with Gasteiger partial charge in [0.25, 0.3) is 0 Å². The Bertz CT molecular complexity index is 352. The van der Waals surface area contributed by atoms with Crippen molar-refractivity contribution in [3.05, 3.63) is 23.8 Å². The zero-order valence-electron chi connectivity index (χ0n) is 8.63. The van der Waals surface area contributed by atoms with Crippen LogP contribution in [0.15, 0.2) is 18.2 Å². The van der Waals surface area contributed by atoms with Gasteiger partial charge in [0, 0.05) is 6.42 Å². The number of nitrogens with two attached hydrogens (primary N) is 1. The molecule has 0 saturated heterocycles. The molecule has 0 aliphatic heterocycles. The SMILES string of the molecule is CCOc1ccc(CC(=O)CCl)cc1N. The normalized spacial score (nSPS) is 10.0. The minimum atomic E-state index is -0.0137. The standard InChI is InChI=1S/C11H14ClNO2/c1-2-15-11-4-3-8(6-10(11)13)5-9(14)7-12/h3-4,6H,2,5,7,13H2,1H3. The number of rotatable bonds is 5. The summed E-state index contributed by atoms with van der Waals surface area (Å²) in [5.74, 6) is 0.674. The Labute approximate surface area is 94.2 Å². The zero-order chi connectivity index (χ0) is 11.3. The molecular formula is C11H14ClNO2. The summed E-state index contributed by atoms with van der Waals surface area (Å²) in [6.45, 7) is 2.47. The fraction of sp³-hybridized carbons (Fsp3) is 0.364. The summed E-state index contributed by atoms with van der Waals surface area (Å²) in [6.07, 6.45) is 0.320. The Morgan fingerprint density at radius 3 is 2.80 bits per heavy atom. The maximum Gasteiger partial charge on any atom is 0.151 e. The molecule has 0 radical (unpaired) electrons. The van der Waals surface area contributed by atoms with Gasteiger partial charge in [-0.25, -0.2) is 0 Å². The first-order valence-electron chi connectivity index (χ1n) is 4.76. The van der Waals surface area contributed by atoms with E-state index in [-0.39, 0.29) is 11.7 Å². The summed E-state index contributed by atoms with van der Waals surface area (Å²) in [5, 5.41) is 0. The lowest BCUT2D eigenvalue weighted by atomic mass is 10.1. The fourth-order valence-electron chi connectivity index (χ4n) is 1.27. The van der Waals surface area contributed by atoms with E-state index in [0.29, 0.717) is 24.5 Å². The maximum atomic E-state index is 11.1. The summed E-state index contributed by atoms with van der Waals surface area (Å²) in [6, 6.07) is 5.34. The summed E-state index contributed by atoms with van der Waals surface area (Å²) in [4.78, 5) is 11.1. The molecule has 0 fully saturated rings. The van der Waals surface area contributed by atoms with E-state index in [2.05, 4.69) is 0 Å². The lowest BCUT2D eigenvalue weighted by molar-refractivity contribution is -0.116. The number of carbonyl (C=O) groups excluding carboxylic acids is 1. The number of ketones is 1. The van der Waals surface area contributed by atoms with Crippen molar-refractivity contribution in [1.29, 1.82) is 0 Å². The first kappa shape index (κ1) is 11.9. The molecule has 82 valence electrons. The Kier molecular flexibility index (Phi) is 4.43. The molecule has 0 saturated carbocycles. The number of hydrogen-bond acceptors (Lipinski definition) is 3. The number of nitrogen functional groups attached to an aromatic ring is 1. The smallest absolute Gasteiger partial charge is 0.151 e. The van der Waals surface area contributed by atoms with Crippen molar-refractivity contribution in [1.82, 2.24) is 0 Å². The Morgan fingerprint density at radius 1 is 1.53 bits per heavy atom. The van der Waals surface area contributed by atoms with Crippen LogP contribution in [0.25, 0.3) is 0 Å². The van der Waals surface area contributed by atoms with E-state index in [1.807, 2.05) is 13.0 Å². The number of halogens is 1. The average molecular weight is 228 g/mol. The number of hydrogen-bond donors (Lipinski definition) is 1. The van der Waals surface area contributed by atoms with Gasteiger partial charge in [0.2, 0.25) is 0 Å². The molecule has 0 atom stereocenters. The number of Topliss-reactive ketones (excluding diaryl/α,β-unsaturated/α-hetero) is 1. The lowest BCUT2D eigenvalue weighted by Crippen LogP contribution is -2.05. The molecule has 1 aromatic carbocycles. The van der Waals surface area contributed by atoms with Gasteiger partial charge in [0.15, 0.2) is 5.78 Å².